The second kappa shape index (κ2) is 6.07. The predicted octanol–water partition coefficient (Wildman–Crippen LogP) is 4.63. The Hall–Kier alpha value is -2.39. The fourth-order valence-electron chi connectivity index (χ4n) is 7.02. The Morgan fingerprint density at radius 3 is 2.83 bits per heavy atom. The van der Waals surface area contributed by atoms with E-state index in [0.29, 0.717) is 17.7 Å². The molecule has 0 spiro atoms. The molecule has 7 rings (SSSR count). The quantitative estimate of drug-likeness (QED) is 0.686. The summed E-state index contributed by atoms with van der Waals surface area (Å²) in [5.74, 6) is 2.00. The third-order valence-corrected chi connectivity index (χ3v) is 8.55. The number of nitrogens with zero attached hydrogens (tertiary/aromatic N) is 2. The molecule has 2 aromatic carbocycles. The number of aromatic nitrogens is 1. The van der Waals surface area contributed by atoms with E-state index in [1.807, 2.05) is 12.1 Å². The van der Waals surface area contributed by atoms with E-state index in [2.05, 4.69) is 41.3 Å². The molecule has 0 unspecified atom stereocenters. The van der Waals surface area contributed by atoms with Gasteiger partial charge in [-0.05, 0) is 79.8 Å². The van der Waals surface area contributed by atoms with Crippen LogP contribution in [0, 0.1) is 11.8 Å². The van der Waals surface area contributed by atoms with Crippen LogP contribution in [-0.4, -0.2) is 34.1 Å². The smallest absolute Gasteiger partial charge is 0.119 e. The highest BCUT2D eigenvalue weighted by Gasteiger charge is 2.56. The molecule has 1 saturated heterocycles. The summed E-state index contributed by atoms with van der Waals surface area (Å²) < 4.78 is 0. The number of aromatic hydroxyl groups is 1. The first-order valence-corrected chi connectivity index (χ1v) is 11.6. The average Bonchev–Trinajstić information content (AvgIpc) is 3.56. The van der Waals surface area contributed by atoms with E-state index in [1.54, 1.807) is 0 Å². The summed E-state index contributed by atoms with van der Waals surface area (Å²) in [6, 6.07) is 17.7. The molecule has 2 heterocycles. The Balaban J connectivity index is 1.41. The highest BCUT2D eigenvalue weighted by molar-refractivity contribution is 5.79. The zero-order chi connectivity index (χ0) is 19.9. The number of pyridine rings is 1. The molecule has 3 heteroatoms. The molecule has 3 aromatic rings. The Morgan fingerprint density at radius 2 is 1.93 bits per heavy atom. The van der Waals surface area contributed by atoms with Crippen LogP contribution < -0.4 is 0 Å². The summed E-state index contributed by atoms with van der Waals surface area (Å²) in [6.07, 6.45) is 7.10. The number of phenols is 1. The molecule has 3 aliphatic carbocycles. The first-order valence-electron chi connectivity index (χ1n) is 11.6. The van der Waals surface area contributed by atoms with Gasteiger partial charge in [0, 0.05) is 41.1 Å². The minimum absolute atomic E-state index is 0.0338. The van der Waals surface area contributed by atoms with Crippen molar-refractivity contribution in [3.63, 3.8) is 0 Å². The fraction of sp³-hybridized carbons (Fsp3) is 0.444. The first-order chi connectivity index (χ1) is 14.7. The summed E-state index contributed by atoms with van der Waals surface area (Å²) in [4.78, 5) is 7.95. The van der Waals surface area contributed by atoms with Gasteiger partial charge in [0.15, 0.2) is 0 Å². The summed E-state index contributed by atoms with van der Waals surface area (Å²) in [5.41, 5.74) is 6.45. The topological polar surface area (TPSA) is 36.4 Å². The van der Waals surface area contributed by atoms with Crippen LogP contribution in [0.1, 0.15) is 41.6 Å². The van der Waals surface area contributed by atoms with Gasteiger partial charge in [0.1, 0.15) is 5.75 Å². The molecule has 3 atom stereocenters. The maximum absolute atomic E-state index is 11.0. The van der Waals surface area contributed by atoms with E-state index < -0.39 is 0 Å². The van der Waals surface area contributed by atoms with Gasteiger partial charge in [0.2, 0.25) is 0 Å². The molecule has 3 nitrogen and oxygen atoms in total. The van der Waals surface area contributed by atoms with Crippen molar-refractivity contribution in [2.75, 3.05) is 13.1 Å². The molecule has 2 bridgehead atoms. The lowest BCUT2D eigenvalue weighted by atomic mass is 9.52. The van der Waals surface area contributed by atoms with Gasteiger partial charge in [-0.3, -0.25) is 9.88 Å². The number of phenolic OH excluding ortho intramolecular Hbond substituents is 1. The van der Waals surface area contributed by atoms with Crippen LogP contribution in [-0.2, 0) is 24.7 Å². The molecule has 1 saturated carbocycles. The standard InChI is InChI=1S/C27H28N2O/c30-25-7-3-5-19-14-24-21-13-20-12-18-4-1-2-6-22(18)28-23(20)15-27(21,26(19)25)10-11-29(24)16-17-8-9-17/h1-7,12,17,21,24,30H,8-11,13-16H2/t21-,24-,27-/m0/s1. The lowest BCUT2D eigenvalue weighted by molar-refractivity contribution is 0.00364. The molecule has 152 valence electrons. The monoisotopic (exact) mass is 396 g/mol. The number of rotatable bonds is 2. The minimum Gasteiger partial charge on any atom is -0.508 e. The number of piperidine rings is 1. The lowest BCUT2D eigenvalue weighted by Gasteiger charge is -2.59. The van der Waals surface area contributed by atoms with Gasteiger partial charge in [0.25, 0.3) is 0 Å². The Bertz CT molecular complexity index is 1170. The zero-order valence-electron chi connectivity index (χ0n) is 17.3. The SMILES string of the molecule is Oc1cccc2c1[C@]13CCN(CC4CC4)[C@@H](C2)[C@@H]1Cc1cc2ccccc2nc1C3. The molecular weight excluding hydrogens is 368 g/mol. The average molecular weight is 397 g/mol. The summed E-state index contributed by atoms with van der Waals surface area (Å²) >= 11 is 0. The molecule has 1 aromatic heterocycles. The summed E-state index contributed by atoms with van der Waals surface area (Å²) in [7, 11) is 0. The van der Waals surface area contributed by atoms with Crippen LogP contribution in [0.2, 0.25) is 0 Å². The van der Waals surface area contributed by atoms with Gasteiger partial charge < -0.3 is 5.11 Å². The third kappa shape index (κ3) is 2.39. The van der Waals surface area contributed by atoms with Gasteiger partial charge in [-0.2, -0.15) is 0 Å². The van der Waals surface area contributed by atoms with Gasteiger partial charge in [-0.25, -0.2) is 0 Å². The molecule has 4 aliphatic rings. The Labute approximate surface area is 177 Å². The van der Waals surface area contributed by atoms with Crippen LogP contribution in [0.5, 0.6) is 5.75 Å². The number of hydrogen-bond donors (Lipinski definition) is 1. The number of likely N-dealkylation sites (tertiary alicyclic amines) is 1. The van der Waals surface area contributed by atoms with Crippen molar-refractivity contribution in [3.05, 3.63) is 70.9 Å². The Kier molecular flexibility index (Phi) is 3.50. The van der Waals surface area contributed by atoms with Crippen molar-refractivity contribution in [3.8, 4) is 5.75 Å². The highest BCUT2D eigenvalue weighted by Crippen LogP contribution is 2.57. The fourth-order valence-corrected chi connectivity index (χ4v) is 7.02. The zero-order valence-corrected chi connectivity index (χ0v) is 17.3. The first kappa shape index (κ1) is 17.3. The van der Waals surface area contributed by atoms with Crippen molar-refractivity contribution in [1.82, 2.24) is 9.88 Å². The van der Waals surface area contributed by atoms with Gasteiger partial charge >= 0.3 is 0 Å². The molecule has 0 amide bonds. The van der Waals surface area contributed by atoms with Gasteiger partial charge in [0.05, 0.1) is 5.52 Å². The van der Waals surface area contributed by atoms with E-state index in [1.165, 1.54) is 47.2 Å². The van der Waals surface area contributed by atoms with Crippen molar-refractivity contribution >= 4 is 10.9 Å². The molecule has 2 fully saturated rings. The second-order valence-corrected chi connectivity index (χ2v) is 10.2. The lowest BCUT2D eigenvalue weighted by Crippen LogP contribution is -2.62. The maximum atomic E-state index is 11.0. The van der Waals surface area contributed by atoms with Crippen molar-refractivity contribution in [2.24, 2.45) is 11.8 Å². The molecule has 1 N–H and O–H groups in total. The normalized spacial score (nSPS) is 29.9. The number of benzene rings is 2. The van der Waals surface area contributed by atoms with Crippen LogP contribution in [0.15, 0.2) is 48.5 Å². The van der Waals surface area contributed by atoms with E-state index in [-0.39, 0.29) is 5.41 Å². The highest BCUT2D eigenvalue weighted by atomic mass is 16.3. The van der Waals surface area contributed by atoms with E-state index >= 15 is 0 Å². The summed E-state index contributed by atoms with van der Waals surface area (Å²) in [6.45, 7) is 2.43. The van der Waals surface area contributed by atoms with E-state index in [9.17, 15) is 5.11 Å². The number of hydrogen-bond acceptors (Lipinski definition) is 3. The Morgan fingerprint density at radius 1 is 1.03 bits per heavy atom. The minimum atomic E-state index is 0.0338. The van der Waals surface area contributed by atoms with Crippen molar-refractivity contribution in [2.45, 2.75) is 50.0 Å². The third-order valence-electron chi connectivity index (χ3n) is 8.55. The predicted molar refractivity (Wildman–Crippen MR) is 119 cm³/mol. The van der Waals surface area contributed by atoms with Gasteiger partial charge in [-0.1, -0.05) is 30.3 Å². The van der Waals surface area contributed by atoms with Crippen LogP contribution in [0.3, 0.4) is 0 Å². The maximum Gasteiger partial charge on any atom is 0.119 e. The molecular formula is C27H28N2O. The van der Waals surface area contributed by atoms with Crippen LogP contribution in [0.25, 0.3) is 10.9 Å². The van der Waals surface area contributed by atoms with E-state index in [4.69, 9.17) is 4.98 Å². The van der Waals surface area contributed by atoms with Crippen molar-refractivity contribution < 1.29 is 5.11 Å². The van der Waals surface area contributed by atoms with E-state index in [0.717, 1.165) is 43.7 Å². The second-order valence-electron chi connectivity index (χ2n) is 10.2. The largest absolute Gasteiger partial charge is 0.508 e. The molecule has 30 heavy (non-hydrogen) atoms. The van der Waals surface area contributed by atoms with Crippen LogP contribution in [0.4, 0.5) is 0 Å². The number of fused-ring (bicyclic) bond motifs is 3. The molecule has 1 aliphatic heterocycles. The van der Waals surface area contributed by atoms with Crippen molar-refractivity contribution in [1.29, 1.82) is 0 Å². The summed E-state index contributed by atoms with van der Waals surface area (Å²) in [5, 5.41) is 12.3. The molecule has 0 radical (unpaired) electrons. The van der Waals surface area contributed by atoms with Crippen LogP contribution >= 0.6 is 0 Å². The van der Waals surface area contributed by atoms with Gasteiger partial charge in [-0.15, -0.1) is 0 Å². The number of para-hydroxylation sites is 1.